The molecule has 21 heavy (non-hydrogen) atoms. The minimum Gasteiger partial charge on any atom is -0.492 e. The molecule has 1 N–H and O–H groups in total. The first-order valence-electron chi connectivity index (χ1n) is 8.49. The second kappa shape index (κ2) is 8.28. The Morgan fingerprint density at radius 2 is 2.14 bits per heavy atom. The average Bonchev–Trinajstić information content (AvgIpc) is 2.49. The Morgan fingerprint density at radius 3 is 2.86 bits per heavy atom. The fraction of sp³-hybridized carbons (Fsp3) is 0.667. The summed E-state index contributed by atoms with van der Waals surface area (Å²) in [6, 6.07) is 7.31. The highest BCUT2D eigenvalue weighted by Gasteiger charge is 2.21. The smallest absolute Gasteiger partial charge is 0.142 e. The molecule has 3 heteroatoms. The summed E-state index contributed by atoms with van der Waals surface area (Å²) in [6.07, 6.45) is 5.09. The van der Waals surface area contributed by atoms with E-state index in [2.05, 4.69) is 49.2 Å². The number of ether oxygens (including phenoxy) is 1. The molecule has 1 heterocycles. The van der Waals surface area contributed by atoms with Gasteiger partial charge in [-0.3, -0.25) is 0 Å². The van der Waals surface area contributed by atoms with Gasteiger partial charge in [0.05, 0.1) is 12.3 Å². The van der Waals surface area contributed by atoms with Crippen LogP contribution in [-0.2, 0) is 6.54 Å². The second-order valence-corrected chi connectivity index (χ2v) is 5.95. The maximum Gasteiger partial charge on any atom is 0.142 e. The highest BCUT2D eigenvalue weighted by Crippen LogP contribution is 2.34. The number of anilines is 1. The lowest BCUT2D eigenvalue weighted by molar-refractivity contribution is 0.337. The number of piperidine rings is 1. The normalized spacial score (nSPS) is 18.8. The van der Waals surface area contributed by atoms with Gasteiger partial charge in [-0.05, 0) is 63.8 Å². The minimum absolute atomic E-state index is 0.613. The van der Waals surface area contributed by atoms with Crippen molar-refractivity contribution in [2.45, 2.75) is 59.0 Å². The zero-order valence-electron chi connectivity index (χ0n) is 13.8. The highest BCUT2D eigenvalue weighted by molar-refractivity contribution is 5.60. The van der Waals surface area contributed by atoms with Gasteiger partial charge in [0.2, 0.25) is 0 Å². The van der Waals surface area contributed by atoms with Crippen LogP contribution in [0.15, 0.2) is 18.2 Å². The van der Waals surface area contributed by atoms with E-state index in [9.17, 15) is 0 Å². The molecular formula is C18H30N2O. The Morgan fingerprint density at radius 1 is 1.29 bits per heavy atom. The summed E-state index contributed by atoms with van der Waals surface area (Å²) >= 11 is 0. The van der Waals surface area contributed by atoms with Gasteiger partial charge < -0.3 is 15.0 Å². The van der Waals surface area contributed by atoms with E-state index in [1.54, 1.807) is 0 Å². The van der Waals surface area contributed by atoms with E-state index in [0.29, 0.717) is 6.04 Å². The van der Waals surface area contributed by atoms with Gasteiger partial charge in [-0.25, -0.2) is 0 Å². The van der Waals surface area contributed by atoms with Crippen LogP contribution < -0.4 is 15.0 Å². The fourth-order valence-electron chi connectivity index (χ4n) is 3.04. The van der Waals surface area contributed by atoms with Crippen molar-refractivity contribution in [2.24, 2.45) is 0 Å². The number of hydrogen-bond donors (Lipinski definition) is 1. The van der Waals surface area contributed by atoms with Crippen molar-refractivity contribution in [3.8, 4) is 5.75 Å². The third kappa shape index (κ3) is 4.37. The predicted molar refractivity (Wildman–Crippen MR) is 90.3 cm³/mol. The minimum atomic E-state index is 0.613. The van der Waals surface area contributed by atoms with Crippen LogP contribution in [0, 0.1) is 0 Å². The Labute approximate surface area is 129 Å². The first-order valence-corrected chi connectivity index (χ1v) is 8.49. The number of rotatable bonds is 7. The molecule has 0 spiro atoms. The lowest BCUT2D eigenvalue weighted by atomic mass is 10.0. The third-order valence-electron chi connectivity index (χ3n) is 4.19. The van der Waals surface area contributed by atoms with E-state index in [1.807, 2.05) is 0 Å². The van der Waals surface area contributed by atoms with Gasteiger partial charge in [-0.15, -0.1) is 0 Å². The van der Waals surface area contributed by atoms with E-state index >= 15 is 0 Å². The van der Waals surface area contributed by atoms with E-state index < -0.39 is 0 Å². The summed E-state index contributed by atoms with van der Waals surface area (Å²) in [6.45, 7) is 10.4. The van der Waals surface area contributed by atoms with Crippen molar-refractivity contribution in [3.05, 3.63) is 23.8 Å². The number of nitrogens with one attached hydrogen (secondary N) is 1. The molecule has 0 bridgehead atoms. The average molecular weight is 290 g/mol. The predicted octanol–water partition coefficient (Wildman–Crippen LogP) is 3.96. The molecule has 1 unspecified atom stereocenters. The first kappa shape index (κ1) is 16.2. The molecule has 0 aliphatic carbocycles. The summed E-state index contributed by atoms with van der Waals surface area (Å²) in [4.78, 5) is 2.51. The van der Waals surface area contributed by atoms with E-state index in [0.717, 1.165) is 32.0 Å². The Hall–Kier alpha value is -1.22. The molecule has 1 atom stereocenters. The molecule has 1 aliphatic heterocycles. The summed E-state index contributed by atoms with van der Waals surface area (Å²) in [5, 5.41) is 3.46. The van der Waals surface area contributed by atoms with Crippen LogP contribution in [0.25, 0.3) is 0 Å². The van der Waals surface area contributed by atoms with Gasteiger partial charge in [0.1, 0.15) is 5.75 Å². The molecule has 1 aromatic carbocycles. The van der Waals surface area contributed by atoms with Crippen molar-refractivity contribution >= 4 is 5.69 Å². The third-order valence-corrected chi connectivity index (χ3v) is 4.19. The molecule has 0 aromatic heterocycles. The molecule has 1 aromatic rings. The van der Waals surface area contributed by atoms with Gasteiger partial charge in [0, 0.05) is 19.1 Å². The van der Waals surface area contributed by atoms with Crippen molar-refractivity contribution in [3.63, 3.8) is 0 Å². The lowest BCUT2D eigenvalue weighted by Gasteiger charge is -2.36. The van der Waals surface area contributed by atoms with Crippen LogP contribution in [-0.4, -0.2) is 25.7 Å². The van der Waals surface area contributed by atoms with Crippen LogP contribution in [0.5, 0.6) is 5.75 Å². The van der Waals surface area contributed by atoms with Crippen molar-refractivity contribution in [1.29, 1.82) is 0 Å². The molecular weight excluding hydrogens is 260 g/mol. The highest BCUT2D eigenvalue weighted by atomic mass is 16.5. The monoisotopic (exact) mass is 290 g/mol. The second-order valence-electron chi connectivity index (χ2n) is 5.95. The van der Waals surface area contributed by atoms with Gasteiger partial charge in [0.25, 0.3) is 0 Å². The molecule has 2 rings (SSSR count). The number of hydrogen-bond acceptors (Lipinski definition) is 3. The molecule has 0 saturated carbocycles. The summed E-state index contributed by atoms with van der Waals surface area (Å²) in [5.41, 5.74) is 2.57. The summed E-state index contributed by atoms with van der Waals surface area (Å²) < 4.78 is 5.92. The molecule has 3 nitrogen and oxygen atoms in total. The van der Waals surface area contributed by atoms with Crippen molar-refractivity contribution in [2.75, 3.05) is 24.6 Å². The Bertz CT molecular complexity index is 433. The van der Waals surface area contributed by atoms with Crippen LogP contribution in [0.3, 0.4) is 0 Å². The van der Waals surface area contributed by atoms with Crippen LogP contribution in [0.2, 0.25) is 0 Å². The summed E-state index contributed by atoms with van der Waals surface area (Å²) in [7, 11) is 0. The Kier molecular flexibility index (Phi) is 6.37. The van der Waals surface area contributed by atoms with Gasteiger partial charge in [-0.2, -0.15) is 0 Å². The standard InChI is InChI=1S/C18H30N2O/c1-4-11-19-14-16-9-10-17(18(13-16)21-5-2)20-12-7-6-8-15(20)3/h9-10,13,15,19H,4-8,11-12,14H2,1-3H3. The van der Waals surface area contributed by atoms with Crippen molar-refractivity contribution < 1.29 is 4.74 Å². The molecule has 118 valence electrons. The SMILES string of the molecule is CCCNCc1ccc(N2CCCCC2C)c(OCC)c1. The molecule has 1 aliphatic rings. The molecule has 0 amide bonds. The molecule has 0 radical (unpaired) electrons. The zero-order chi connectivity index (χ0) is 15.1. The van der Waals surface area contributed by atoms with Gasteiger partial charge in [0.15, 0.2) is 0 Å². The quantitative estimate of drug-likeness (QED) is 0.769. The summed E-state index contributed by atoms with van der Waals surface area (Å²) in [5.74, 6) is 1.04. The van der Waals surface area contributed by atoms with E-state index in [4.69, 9.17) is 4.74 Å². The fourth-order valence-corrected chi connectivity index (χ4v) is 3.04. The zero-order valence-corrected chi connectivity index (χ0v) is 13.8. The van der Waals surface area contributed by atoms with Crippen molar-refractivity contribution in [1.82, 2.24) is 5.32 Å². The molecule has 1 fully saturated rings. The Balaban J connectivity index is 2.15. The molecule has 1 saturated heterocycles. The van der Waals surface area contributed by atoms with E-state index in [1.165, 1.54) is 36.9 Å². The van der Waals surface area contributed by atoms with Crippen LogP contribution in [0.1, 0.15) is 52.0 Å². The largest absolute Gasteiger partial charge is 0.492 e. The van der Waals surface area contributed by atoms with Crippen LogP contribution >= 0.6 is 0 Å². The first-order chi connectivity index (χ1) is 10.3. The van der Waals surface area contributed by atoms with Gasteiger partial charge in [-0.1, -0.05) is 13.0 Å². The maximum atomic E-state index is 5.92. The topological polar surface area (TPSA) is 24.5 Å². The lowest BCUT2D eigenvalue weighted by Crippen LogP contribution is -2.37. The number of benzene rings is 1. The maximum absolute atomic E-state index is 5.92. The van der Waals surface area contributed by atoms with Crippen LogP contribution in [0.4, 0.5) is 5.69 Å². The van der Waals surface area contributed by atoms with Gasteiger partial charge >= 0.3 is 0 Å². The number of nitrogens with zero attached hydrogens (tertiary/aromatic N) is 1. The van der Waals surface area contributed by atoms with E-state index in [-0.39, 0.29) is 0 Å².